The molecular formula is C29H34ClFN4O8. The Kier molecular flexibility index (Phi) is 7.84. The average molecular weight is 621 g/mol. The summed E-state index contributed by atoms with van der Waals surface area (Å²) in [6.07, 6.45) is -2.55. The van der Waals surface area contributed by atoms with Gasteiger partial charge in [0, 0.05) is 31.7 Å². The number of carbonyl (C=O) groups excluding carboxylic acids is 2. The summed E-state index contributed by atoms with van der Waals surface area (Å²) in [5.74, 6) is -1.46. The van der Waals surface area contributed by atoms with E-state index < -0.39 is 47.3 Å². The van der Waals surface area contributed by atoms with E-state index in [4.69, 9.17) is 30.8 Å². The lowest BCUT2D eigenvalue weighted by atomic mass is 10.00. The molecule has 3 aliphatic rings. The second-order valence-electron chi connectivity index (χ2n) is 12.5. The van der Waals surface area contributed by atoms with Crippen LogP contribution in [0.5, 0.6) is 11.5 Å². The second kappa shape index (κ2) is 11.0. The van der Waals surface area contributed by atoms with Crippen molar-refractivity contribution in [2.24, 2.45) is 0 Å². The van der Waals surface area contributed by atoms with E-state index in [1.807, 2.05) is 13.8 Å². The van der Waals surface area contributed by atoms with Crippen LogP contribution in [0.3, 0.4) is 0 Å². The molecule has 3 aliphatic heterocycles. The molecule has 0 saturated carbocycles. The standard InChI is InChI=1S/C29H34ClFN4O8/c1-28(2,3)43-27(40)42-18-8-6-7-17(31)19(18)22-21(30)23-20(24(32-22)35-13-16(36)11-29(35,4)5)25(37)34-10-9-33(26(38)39)12-15(34)14-41-23/h6-8,15-16,36H,9-14H2,1-5H3,(H,38,39)/t15-,16?/m1/s1. The van der Waals surface area contributed by atoms with Gasteiger partial charge in [-0.3, -0.25) is 4.79 Å². The van der Waals surface area contributed by atoms with Crippen LogP contribution in [0.2, 0.25) is 5.02 Å². The lowest BCUT2D eigenvalue weighted by molar-refractivity contribution is 0.0206. The number of hydrogen-bond donors (Lipinski definition) is 2. The number of pyridine rings is 1. The summed E-state index contributed by atoms with van der Waals surface area (Å²) in [4.78, 5) is 47.6. The minimum Gasteiger partial charge on any atom is -0.489 e. The Hall–Kier alpha value is -3.84. The topological polar surface area (TPSA) is 142 Å². The SMILES string of the molecule is CC(C)(C)OC(=O)Oc1cccc(F)c1-c1nc(N2CC(O)CC2(C)C)c2c(c1Cl)OC[C@H]1CN(C(=O)O)CCN1C2=O. The van der Waals surface area contributed by atoms with Crippen LogP contribution >= 0.6 is 11.6 Å². The zero-order valence-corrected chi connectivity index (χ0v) is 25.3. The number of amides is 2. The Morgan fingerprint density at radius 3 is 2.53 bits per heavy atom. The smallest absolute Gasteiger partial charge is 0.489 e. The summed E-state index contributed by atoms with van der Waals surface area (Å²) in [5, 5.41) is 19.9. The molecule has 2 N–H and O–H groups in total. The molecule has 1 aromatic carbocycles. The van der Waals surface area contributed by atoms with E-state index in [1.165, 1.54) is 21.9 Å². The first kappa shape index (κ1) is 30.6. The minimum absolute atomic E-state index is 0.0214. The summed E-state index contributed by atoms with van der Waals surface area (Å²) in [5.41, 5.74) is -1.94. The average Bonchev–Trinajstić information content (AvgIpc) is 3.08. The van der Waals surface area contributed by atoms with Crippen molar-refractivity contribution in [3.05, 3.63) is 34.6 Å². The number of nitrogens with zero attached hydrogens (tertiary/aromatic N) is 4. The number of rotatable bonds is 3. The molecule has 4 heterocycles. The van der Waals surface area contributed by atoms with Gasteiger partial charge in [-0.05, 0) is 53.2 Å². The van der Waals surface area contributed by atoms with Crippen LogP contribution in [0.4, 0.5) is 19.8 Å². The number of halogens is 2. The van der Waals surface area contributed by atoms with E-state index in [-0.39, 0.29) is 71.9 Å². The van der Waals surface area contributed by atoms with E-state index in [2.05, 4.69) is 0 Å². The number of anilines is 1. The van der Waals surface area contributed by atoms with Crippen LogP contribution in [-0.2, 0) is 4.74 Å². The predicted molar refractivity (Wildman–Crippen MR) is 153 cm³/mol. The first-order valence-corrected chi connectivity index (χ1v) is 14.3. The highest BCUT2D eigenvalue weighted by atomic mass is 35.5. The van der Waals surface area contributed by atoms with Gasteiger partial charge in [0.25, 0.3) is 5.91 Å². The fourth-order valence-corrected chi connectivity index (χ4v) is 6.03. The monoisotopic (exact) mass is 620 g/mol. The number of carbonyl (C=O) groups is 3. The molecule has 14 heteroatoms. The van der Waals surface area contributed by atoms with Gasteiger partial charge < -0.3 is 39.1 Å². The number of benzene rings is 1. The van der Waals surface area contributed by atoms with E-state index in [9.17, 15) is 24.6 Å². The van der Waals surface area contributed by atoms with Crippen LogP contribution in [-0.4, -0.2) is 99.2 Å². The normalized spacial score (nSPS) is 21.5. The Balaban J connectivity index is 1.69. The highest BCUT2D eigenvalue weighted by molar-refractivity contribution is 6.35. The van der Waals surface area contributed by atoms with Gasteiger partial charge in [-0.25, -0.2) is 19.0 Å². The van der Waals surface area contributed by atoms with Gasteiger partial charge in [-0.1, -0.05) is 17.7 Å². The lowest BCUT2D eigenvalue weighted by Gasteiger charge is -2.39. The molecule has 43 heavy (non-hydrogen) atoms. The Morgan fingerprint density at radius 1 is 1.19 bits per heavy atom. The summed E-state index contributed by atoms with van der Waals surface area (Å²) in [6.45, 7) is 9.00. The molecule has 2 atom stereocenters. The number of aliphatic hydroxyl groups is 1. The number of aromatic nitrogens is 1. The number of hydrogen-bond acceptors (Lipinski definition) is 9. The molecule has 0 spiro atoms. The maximum atomic E-state index is 15.6. The summed E-state index contributed by atoms with van der Waals surface area (Å²) < 4.78 is 32.4. The Labute approximate surface area is 252 Å². The first-order chi connectivity index (χ1) is 20.1. The van der Waals surface area contributed by atoms with Gasteiger partial charge in [0.1, 0.15) is 45.9 Å². The summed E-state index contributed by atoms with van der Waals surface area (Å²) in [6, 6.07) is 3.25. The highest BCUT2D eigenvalue weighted by Gasteiger charge is 2.45. The van der Waals surface area contributed by atoms with Crippen molar-refractivity contribution in [1.82, 2.24) is 14.8 Å². The lowest BCUT2D eigenvalue weighted by Crippen LogP contribution is -2.57. The number of ether oxygens (including phenoxy) is 3. The number of β-amino-alcohol motifs (C(OH)–C–C–N with tert-alkyl or cyclic N) is 1. The van der Waals surface area contributed by atoms with Crippen molar-refractivity contribution in [1.29, 1.82) is 0 Å². The van der Waals surface area contributed by atoms with Crippen molar-refractivity contribution < 1.29 is 43.2 Å². The molecule has 0 aliphatic carbocycles. The van der Waals surface area contributed by atoms with Crippen LogP contribution in [0.1, 0.15) is 51.4 Å². The van der Waals surface area contributed by atoms with Crippen molar-refractivity contribution >= 4 is 35.6 Å². The zero-order chi connectivity index (χ0) is 31.4. The molecule has 5 rings (SSSR count). The van der Waals surface area contributed by atoms with E-state index in [0.717, 1.165) is 6.07 Å². The molecular weight excluding hydrogens is 587 g/mol. The summed E-state index contributed by atoms with van der Waals surface area (Å²) in [7, 11) is 0. The fraction of sp³-hybridized carbons (Fsp3) is 0.517. The van der Waals surface area contributed by atoms with Gasteiger partial charge in [0.05, 0.1) is 17.7 Å². The molecule has 232 valence electrons. The van der Waals surface area contributed by atoms with E-state index >= 15 is 4.39 Å². The van der Waals surface area contributed by atoms with E-state index in [1.54, 1.807) is 25.7 Å². The quantitative estimate of drug-likeness (QED) is 0.374. The number of carboxylic acid groups (broad SMARTS) is 1. The molecule has 12 nitrogen and oxygen atoms in total. The third-order valence-electron chi connectivity index (χ3n) is 7.63. The first-order valence-electron chi connectivity index (χ1n) is 13.9. The maximum Gasteiger partial charge on any atom is 0.514 e. The maximum absolute atomic E-state index is 15.6. The van der Waals surface area contributed by atoms with Gasteiger partial charge >= 0.3 is 12.2 Å². The largest absolute Gasteiger partial charge is 0.514 e. The number of fused-ring (bicyclic) bond motifs is 2. The van der Waals surface area contributed by atoms with Gasteiger partial charge in [0.15, 0.2) is 5.75 Å². The third-order valence-corrected chi connectivity index (χ3v) is 7.98. The second-order valence-corrected chi connectivity index (χ2v) is 12.8. The van der Waals surface area contributed by atoms with E-state index in [0.29, 0.717) is 6.42 Å². The molecule has 2 saturated heterocycles. The zero-order valence-electron chi connectivity index (χ0n) is 24.5. The van der Waals surface area contributed by atoms with Gasteiger partial charge in [-0.2, -0.15) is 0 Å². The van der Waals surface area contributed by atoms with Crippen molar-refractivity contribution in [3.63, 3.8) is 0 Å². The minimum atomic E-state index is -1.11. The van der Waals surface area contributed by atoms with Gasteiger partial charge in [0.2, 0.25) is 0 Å². The van der Waals surface area contributed by atoms with Crippen molar-refractivity contribution in [2.45, 2.75) is 64.3 Å². The highest BCUT2D eigenvalue weighted by Crippen LogP contribution is 2.48. The predicted octanol–water partition coefficient (Wildman–Crippen LogP) is 4.40. The molecule has 2 aromatic rings. The molecule has 0 radical (unpaired) electrons. The fourth-order valence-electron chi connectivity index (χ4n) is 5.74. The number of piperazine rings is 1. The molecule has 2 fully saturated rings. The van der Waals surface area contributed by atoms with Crippen LogP contribution in [0.25, 0.3) is 11.3 Å². The molecule has 2 amide bonds. The van der Waals surface area contributed by atoms with Crippen LogP contribution in [0, 0.1) is 5.82 Å². The Morgan fingerprint density at radius 2 is 1.91 bits per heavy atom. The van der Waals surface area contributed by atoms with Crippen LogP contribution in [0.15, 0.2) is 18.2 Å². The van der Waals surface area contributed by atoms with Crippen molar-refractivity contribution in [3.8, 4) is 22.8 Å². The van der Waals surface area contributed by atoms with Crippen molar-refractivity contribution in [2.75, 3.05) is 37.7 Å². The molecule has 0 bridgehead atoms. The van der Waals surface area contributed by atoms with Gasteiger partial charge in [-0.15, -0.1) is 0 Å². The number of aliphatic hydroxyl groups excluding tert-OH is 1. The molecule has 1 aromatic heterocycles. The van der Waals surface area contributed by atoms with Crippen LogP contribution < -0.4 is 14.4 Å². The third kappa shape index (κ3) is 5.87. The summed E-state index contributed by atoms with van der Waals surface area (Å²) >= 11 is 6.87. The Bertz CT molecular complexity index is 1480. The molecule has 1 unspecified atom stereocenters.